The Morgan fingerprint density at radius 1 is 1.78 bits per heavy atom. The Morgan fingerprint density at radius 2 is 2.56 bits per heavy atom. The summed E-state index contributed by atoms with van der Waals surface area (Å²) in [6.07, 6.45) is 4.59. The highest BCUT2D eigenvalue weighted by molar-refractivity contribution is 7.98. The molecule has 0 saturated heterocycles. The van der Waals surface area contributed by atoms with E-state index in [1.165, 1.54) is 0 Å². The lowest BCUT2D eigenvalue weighted by Gasteiger charge is -1.79. The summed E-state index contributed by atoms with van der Waals surface area (Å²) in [6, 6.07) is 1.82. The molecule has 0 aliphatic carbocycles. The summed E-state index contributed by atoms with van der Waals surface area (Å²) >= 11 is 1.61. The lowest BCUT2D eigenvalue weighted by molar-refractivity contribution is 0.111. The molecule has 0 amide bonds. The van der Waals surface area contributed by atoms with Gasteiger partial charge < -0.3 is 4.98 Å². The molecule has 0 unspecified atom stereocenters. The van der Waals surface area contributed by atoms with E-state index in [4.69, 9.17) is 0 Å². The molecule has 1 aromatic rings. The first-order valence-corrected chi connectivity index (χ1v) is 3.77. The van der Waals surface area contributed by atoms with Gasteiger partial charge >= 0.3 is 0 Å². The maximum absolute atomic E-state index is 10.1. The van der Waals surface area contributed by atoms with Crippen molar-refractivity contribution in [1.29, 1.82) is 0 Å². The molecule has 9 heavy (non-hydrogen) atoms. The van der Waals surface area contributed by atoms with E-state index in [0.29, 0.717) is 5.69 Å². The first-order chi connectivity index (χ1) is 4.36. The van der Waals surface area contributed by atoms with Crippen LogP contribution in [0.3, 0.4) is 0 Å². The number of hydrogen-bond acceptors (Lipinski definition) is 2. The fourth-order valence-corrected chi connectivity index (χ4v) is 0.999. The van der Waals surface area contributed by atoms with Crippen LogP contribution in [-0.2, 0) is 0 Å². The minimum Gasteiger partial charge on any atom is -0.358 e. The molecule has 48 valence electrons. The molecular formula is C6H7NOS. The zero-order valence-corrected chi connectivity index (χ0v) is 5.87. The van der Waals surface area contributed by atoms with Crippen LogP contribution in [0, 0.1) is 0 Å². The summed E-state index contributed by atoms with van der Waals surface area (Å²) in [6.45, 7) is 0. The monoisotopic (exact) mass is 141 g/mol. The van der Waals surface area contributed by atoms with Crippen LogP contribution in [0.4, 0.5) is 0 Å². The molecule has 0 aliphatic rings. The molecule has 0 aliphatic heterocycles. The minimum absolute atomic E-state index is 0.638. The fraction of sp³-hybridized carbons (Fsp3) is 0.167. The average molecular weight is 141 g/mol. The molecule has 1 heterocycles. The SMILES string of the molecule is CSc1c[nH]c(C=O)c1. The average Bonchev–Trinajstić information content (AvgIpc) is 2.34. The van der Waals surface area contributed by atoms with E-state index in [1.807, 2.05) is 18.5 Å². The van der Waals surface area contributed by atoms with E-state index < -0.39 is 0 Å². The number of carbonyl (C=O) groups is 1. The lowest BCUT2D eigenvalue weighted by Crippen LogP contribution is -1.72. The van der Waals surface area contributed by atoms with Crippen LogP contribution in [0.15, 0.2) is 17.2 Å². The van der Waals surface area contributed by atoms with Crippen LogP contribution in [0.5, 0.6) is 0 Å². The van der Waals surface area contributed by atoms with Crippen molar-refractivity contribution in [3.63, 3.8) is 0 Å². The van der Waals surface area contributed by atoms with Crippen LogP contribution in [-0.4, -0.2) is 17.5 Å². The van der Waals surface area contributed by atoms with Crippen LogP contribution in [0.1, 0.15) is 10.5 Å². The number of H-pyrrole nitrogens is 1. The van der Waals surface area contributed by atoms with Crippen molar-refractivity contribution in [2.24, 2.45) is 0 Å². The second-order valence-electron chi connectivity index (χ2n) is 1.61. The second-order valence-corrected chi connectivity index (χ2v) is 2.49. The Balaban J connectivity index is 2.86. The first-order valence-electron chi connectivity index (χ1n) is 2.54. The Kier molecular flexibility index (Phi) is 1.95. The van der Waals surface area contributed by atoms with Crippen molar-refractivity contribution < 1.29 is 4.79 Å². The van der Waals surface area contributed by atoms with Crippen LogP contribution in [0.2, 0.25) is 0 Å². The number of aldehydes is 1. The number of aromatic amines is 1. The highest BCUT2D eigenvalue weighted by Gasteiger charge is 1.93. The Labute approximate surface area is 57.7 Å². The molecule has 0 spiro atoms. The summed E-state index contributed by atoms with van der Waals surface area (Å²) in [5, 5.41) is 0. The van der Waals surface area contributed by atoms with Crippen LogP contribution in [0.25, 0.3) is 0 Å². The summed E-state index contributed by atoms with van der Waals surface area (Å²) in [7, 11) is 0. The van der Waals surface area contributed by atoms with Gasteiger partial charge in [0.05, 0.1) is 5.69 Å². The molecular weight excluding hydrogens is 134 g/mol. The summed E-state index contributed by atoms with van der Waals surface area (Å²) in [4.78, 5) is 14.0. The molecule has 0 saturated carbocycles. The van der Waals surface area contributed by atoms with Gasteiger partial charge in [-0.3, -0.25) is 4.79 Å². The number of hydrogen-bond donors (Lipinski definition) is 1. The maximum atomic E-state index is 10.1. The molecule has 0 radical (unpaired) electrons. The number of rotatable bonds is 2. The van der Waals surface area contributed by atoms with Gasteiger partial charge in [0.15, 0.2) is 6.29 Å². The zero-order valence-electron chi connectivity index (χ0n) is 5.05. The van der Waals surface area contributed by atoms with Crippen molar-refractivity contribution in [2.45, 2.75) is 4.90 Å². The molecule has 1 N–H and O–H groups in total. The third-order valence-electron chi connectivity index (χ3n) is 1.04. The van der Waals surface area contributed by atoms with Crippen molar-refractivity contribution in [2.75, 3.05) is 6.26 Å². The summed E-state index contributed by atoms with van der Waals surface area (Å²) in [5.74, 6) is 0. The molecule has 3 heteroatoms. The van der Waals surface area contributed by atoms with E-state index in [9.17, 15) is 4.79 Å². The number of carbonyl (C=O) groups excluding carboxylic acids is 1. The summed E-state index contributed by atoms with van der Waals surface area (Å²) < 4.78 is 0. The molecule has 2 nitrogen and oxygen atoms in total. The first kappa shape index (κ1) is 6.42. The van der Waals surface area contributed by atoms with Gasteiger partial charge in [-0.25, -0.2) is 0 Å². The van der Waals surface area contributed by atoms with E-state index in [0.717, 1.165) is 11.2 Å². The van der Waals surface area contributed by atoms with Crippen molar-refractivity contribution in [1.82, 2.24) is 4.98 Å². The predicted octanol–water partition coefficient (Wildman–Crippen LogP) is 1.55. The quantitative estimate of drug-likeness (QED) is 0.500. The Bertz CT molecular complexity index is 207. The third-order valence-corrected chi connectivity index (χ3v) is 1.75. The smallest absolute Gasteiger partial charge is 0.166 e. The van der Waals surface area contributed by atoms with E-state index in [-0.39, 0.29) is 0 Å². The second kappa shape index (κ2) is 2.73. The fourth-order valence-electron chi connectivity index (χ4n) is 0.577. The van der Waals surface area contributed by atoms with E-state index >= 15 is 0 Å². The van der Waals surface area contributed by atoms with Gasteiger partial charge in [0.25, 0.3) is 0 Å². The van der Waals surface area contributed by atoms with Gasteiger partial charge in [0.1, 0.15) is 0 Å². The largest absolute Gasteiger partial charge is 0.358 e. The predicted molar refractivity (Wildman–Crippen MR) is 38.0 cm³/mol. The lowest BCUT2D eigenvalue weighted by atomic mass is 10.5. The topological polar surface area (TPSA) is 32.9 Å². The number of aromatic nitrogens is 1. The van der Waals surface area contributed by atoms with Crippen molar-refractivity contribution in [3.8, 4) is 0 Å². The minimum atomic E-state index is 0.638. The molecule has 1 aromatic heterocycles. The van der Waals surface area contributed by atoms with Crippen molar-refractivity contribution in [3.05, 3.63) is 18.0 Å². The standard InChI is InChI=1S/C6H7NOS/c1-9-6-2-5(4-8)7-3-6/h2-4,7H,1H3. The van der Waals surface area contributed by atoms with Gasteiger partial charge in [-0.05, 0) is 12.3 Å². The van der Waals surface area contributed by atoms with Gasteiger partial charge in [0.2, 0.25) is 0 Å². The van der Waals surface area contributed by atoms with Crippen LogP contribution >= 0.6 is 11.8 Å². The normalized spacial score (nSPS) is 9.44. The van der Waals surface area contributed by atoms with E-state index in [1.54, 1.807) is 11.8 Å². The van der Waals surface area contributed by atoms with Crippen LogP contribution < -0.4 is 0 Å². The molecule has 0 bridgehead atoms. The molecule has 0 fully saturated rings. The Hall–Kier alpha value is -0.700. The number of nitrogens with one attached hydrogen (secondary N) is 1. The number of thioether (sulfide) groups is 1. The highest BCUT2D eigenvalue weighted by Crippen LogP contribution is 2.13. The molecule has 0 atom stereocenters. The highest BCUT2D eigenvalue weighted by atomic mass is 32.2. The van der Waals surface area contributed by atoms with Crippen molar-refractivity contribution >= 4 is 18.0 Å². The van der Waals surface area contributed by atoms with Gasteiger partial charge in [0, 0.05) is 11.1 Å². The van der Waals surface area contributed by atoms with E-state index in [2.05, 4.69) is 4.98 Å². The van der Waals surface area contributed by atoms with Gasteiger partial charge in [-0.15, -0.1) is 11.8 Å². The van der Waals surface area contributed by atoms with Gasteiger partial charge in [-0.1, -0.05) is 0 Å². The zero-order chi connectivity index (χ0) is 6.69. The molecule has 0 aromatic carbocycles. The van der Waals surface area contributed by atoms with Gasteiger partial charge in [-0.2, -0.15) is 0 Å². The third kappa shape index (κ3) is 1.36. The molecule has 1 rings (SSSR count). The Morgan fingerprint density at radius 3 is 2.89 bits per heavy atom. The summed E-state index contributed by atoms with van der Waals surface area (Å²) in [5.41, 5.74) is 0.638. The maximum Gasteiger partial charge on any atom is 0.166 e.